The van der Waals surface area contributed by atoms with Crippen LogP contribution in [-0.2, 0) is 0 Å². The quantitative estimate of drug-likeness (QED) is 0.730. The predicted molar refractivity (Wildman–Crippen MR) is 57.4 cm³/mol. The molecule has 1 aromatic heterocycles. The van der Waals surface area contributed by atoms with Crippen LogP contribution in [0.1, 0.15) is 62.8 Å². The maximum atomic E-state index is 12.7. The minimum Gasteiger partial charge on any atom is -0.255 e. The highest BCUT2D eigenvalue weighted by atomic mass is 19.3. The number of hydrogen-bond donors (Lipinski definition) is 0. The minimum absolute atomic E-state index is 0.0746. The van der Waals surface area contributed by atoms with Gasteiger partial charge in [-0.2, -0.15) is 0 Å². The first-order valence-corrected chi connectivity index (χ1v) is 5.21. The molecule has 0 radical (unpaired) electrons. The molecule has 0 spiro atoms. The second kappa shape index (κ2) is 4.69. The van der Waals surface area contributed by atoms with Crippen molar-refractivity contribution in [2.75, 3.05) is 0 Å². The summed E-state index contributed by atoms with van der Waals surface area (Å²) in [6.45, 7) is 7.88. The number of pyridine rings is 1. The van der Waals surface area contributed by atoms with Crippen molar-refractivity contribution in [2.45, 2.75) is 46.0 Å². The van der Waals surface area contributed by atoms with E-state index in [2.05, 4.69) is 4.98 Å². The summed E-state index contributed by atoms with van der Waals surface area (Å²) in [4.78, 5) is 3.87. The predicted octanol–water partition coefficient (Wildman–Crippen LogP) is 4.27. The third-order valence-corrected chi connectivity index (χ3v) is 2.47. The van der Waals surface area contributed by atoms with E-state index in [-0.39, 0.29) is 11.6 Å². The Bertz CT molecular complexity index is 332. The van der Waals surface area contributed by atoms with Crippen molar-refractivity contribution in [1.82, 2.24) is 4.98 Å². The molecule has 1 nitrogen and oxygen atoms in total. The van der Waals surface area contributed by atoms with Crippen LogP contribution >= 0.6 is 0 Å². The number of alkyl halides is 2. The van der Waals surface area contributed by atoms with Gasteiger partial charge in [-0.25, -0.2) is 8.78 Å². The summed E-state index contributed by atoms with van der Waals surface area (Å²) in [5.74, 6) is 0.405. The Balaban J connectivity index is 3.21. The molecule has 1 rings (SSSR count). The Hall–Kier alpha value is -0.990. The third-order valence-electron chi connectivity index (χ3n) is 2.47. The summed E-state index contributed by atoms with van der Waals surface area (Å²) in [6.07, 6.45) is -0.929. The first kappa shape index (κ1) is 12.1. The Labute approximate surface area is 89.5 Å². The van der Waals surface area contributed by atoms with E-state index in [1.807, 2.05) is 33.8 Å². The fraction of sp³-hybridized carbons (Fsp3) is 0.583. The maximum absolute atomic E-state index is 12.7. The van der Waals surface area contributed by atoms with Gasteiger partial charge in [-0.05, 0) is 23.0 Å². The van der Waals surface area contributed by atoms with Crippen molar-refractivity contribution >= 4 is 0 Å². The third kappa shape index (κ3) is 2.74. The van der Waals surface area contributed by atoms with Crippen molar-refractivity contribution < 1.29 is 8.78 Å². The van der Waals surface area contributed by atoms with Crippen LogP contribution in [0.15, 0.2) is 12.3 Å². The first-order valence-electron chi connectivity index (χ1n) is 5.21. The average Bonchev–Trinajstić information content (AvgIpc) is 2.16. The lowest BCUT2D eigenvalue weighted by atomic mass is 9.96. The molecule has 0 amide bonds. The van der Waals surface area contributed by atoms with Crippen LogP contribution in [0.5, 0.6) is 0 Å². The van der Waals surface area contributed by atoms with Crippen molar-refractivity contribution in [1.29, 1.82) is 0 Å². The van der Waals surface area contributed by atoms with Gasteiger partial charge in [0.05, 0.1) is 0 Å². The molecule has 15 heavy (non-hydrogen) atoms. The van der Waals surface area contributed by atoms with Crippen molar-refractivity contribution in [3.05, 3.63) is 29.1 Å². The van der Waals surface area contributed by atoms with E-state index >= 15 is 0 Å². The molecule has 0 saturated carbocycles. The van der Waals surface area contributed by atoms with Gasteiger partial charge in [0.2, 0.25) is 0 Å². The molecule has 0 aliphatic rings. The lowest BCUT2D eigenvalue weighted by molar-refractivity contribution is 0.144. The Morgan fingerprint density at radius 1 is 1.07 bits per heavy atom. The molecule has 0 aromatic carbocycles. The van der Waals surface area contributed by atoms with E-state index in [1.54, 1.807) is 6.20 Å². The molecule has 84 valence electrons. The fourth-order valence-corrected chi connectivity index (χ4v) is 1.47. The minimum atomic E-state index is -2.48. The van der Waals surface area contributed by atoms with Crippen molar-refractivity contribution in [3.8, 4) is 0 Å². The molecule has 0 unspecified atom stereocenters. The van der Waals surface area contributed by atoms with E-state index in [0.717, 1.165) is 5.56 Å². The zero-order valence-corrected chi connectivity index (χ0v) is 9.59. The summed E-state index contributed by atoms with van der Waals surface area (Å²) in [5.41, 5.74) is 1.61. The Morgan fingerprint density at radius 3 is 2.07 bits per heavy atom. The van der Waals surface area contributed by atoms with Crippen LogP contribution < -0.4 is 0 Å². The lowest BCUT2D eigenvalue weighted by Crippen LogP contribution is -2.03. The van der Waals surface area contributed by atoms with Gasteiger partial charge < -0.3 is 0 Å². The van der Waals surface area contributed by atoms with Gasteiger partial charge in [-0.3, -0.25) is 4.98 Å². The van der Waals surface area contributed by atoms with Crippen LogP contribution in [0.4, 0.5) is 8.78 Å². The molecule has 0 aliphatic carbocycles. The first-order chi connectivity index (χ1) is 6.93. The van der Waals surface area contributed by atoms with Crippen molar-refractivity contribution in [3.63, 3.8) is 0 Å². The van der Waals surface area contributed by atoms with Gasteiger partial charge in [-0.1, -0.05) is 33.8 Å². The molecule has 0 aliphatic heterocycles. The molecule has 0 atom stereocenters. The van der Waals surface area contributed by atoms with E-state index in [1.165, 1.54) is 0 Å². The summed E-state index contributed by atoms with van der Waals surface area (Å²) >= 11 is 0. The smallest absolute Gasteiger partial charge is 0.255 e. The highest BCUT2D eigenvalue weighted by Gasteiger charge is 2.17. The zero-order valence-electron chi connectivity index (χ0n) is 9.59. The van der Waals surface area contributed by atoms with E-state index < -0.39 is 6.43 Å². The summed E-state index contributed by atoms with van der Waals surface area (Å²) < 4.78 is 25.3. The van der Waals surface area contributed by atoms with Gasteiger partial charge in [0, 0.05) is 6.20 Å². The van der Waals surface area contributed by atoms with Gasteiger partial charge in [0.1, 0.15) is 5.69 Å². The molecular formula is C12H17F2N. The standard InChI is InChI=1S/C12H17F2N/c1-7(2)9-5-10(8(3)4)11(12(13)14)15-6-9/h5-8,12H,1-4H3. The largest absolute Gasteiger partial charge is 0.280 e. The van der Waals surface area contributed by atoms with Crippen molar-refractivity contribution in [2.24, 2.45) is 0 Å². The normalized spacial score (nSPS) is 11.8. The van der Waals surface area contributed by atoms with Gasteiger partial charge in [0.25, 0.3) is 6.43 Å². The van der Waals surface area contributed by atoms with Crippen LogP contribution in [-0.4, -0.2) is 4.98 Å². The monoisotopic (exact) mass is 213 g/mol. The SMILES string of the molecule is CC(C)c1cnc(C(F)F)c(C(C)C)c1. The van der Waals surface area contributed by atoms with Gasteiger partial charge in [0.15, 0.2) is 0 Å². The molecule has 1 aromatic rings. The summed E-state index contributed by atoms with van der Waals surface area (Å²) in [5, 5.41) is 0. The highest BCUT2D eigenvalue weighted by molar-refractivity contribution is 5.30. The van der Waals surface area contributed by atoms with E-state index in [0.29, 0.717) is 11.5 Å². The lowest BCUT2D eigenvalue weighted by Gasteiger charge is -2.14. The van der Waals surface area contributed by atoms with Crippen LogP contribution in [0.25, 0.3) is 0 Å². The van der Waals surface area contributed by atoms with Gasteiger partial charge >= 0.3 is 0 Å². The number of rotatable bonds is 3. The Morgan fingerprint density at radius 2 is 1.67 bits per heavy atom. The second-order valence-electron chi connectivity index (χ2n) is 4.35. The maximum Gasteiger partial charge on any atom is 0.280 e. The number of aromatic nitrogens is 1. The summed E-state index contributed by atoms with van der Waals surface area (Å²) in [7, 11) is 0. The highest BCUT2D eigenvalue weighted by Crippen LogP contribution is 2.28. The van der Waals surface area contributed by atoms with E-state index in [9.17, 15) is 8.78 Å². The van der Waals surface area contributed by atoms with Gasteiger partial charge in [-0.15, -0.1) is 0 Å². The number of hydrogen-bond acceptors (Lipinski definition) is 1. The Kier molecular flexibility index (Phi) is 3.77. The molecule has 3 heteroatoms. The zero-order chi connectivity index (χ0) is 11.6. The van der Waals surface area contributed by atoms with E-state index in [4.69, 9.17) is 0 Å². The molecule has 0 N–H and O–H groups in total. The molecule has 0 bridgehead atoms. The molecule has 1 heterocycles. The topological polar surface area (TPSA) is 12.9 Å². The summed E-state index contributed by atoms with van der Waals surface area (Å²) in [6, 6.07) is 1.85. The number of nitrogens with zero attached hydrogens (tertiary/aromatic N) is 1. The molecule has 0 saturated heterocycles. The van der Waals surface area contributed by atoms with Crippen LogP contribution in [0.3, 0.4) is 0 Å². The fourth-order valence-electron chi connectivity index (χ4n) is 1.47. The average molecular weight is 213 g/mol. The van der Waals surface area contributed by atoms with Crippen LogP contribution in [0, 0.1) is 0 Å². The van der Waals surface area contributed by atoms with Crippen LogP contribution in [0.2, 0.25) is 0 Å². The molecule has 0 fully saturated rings. The second-order valence-corrected chi connectivity index (χ2v) is 4.35. The number of halogens is 2. The molecular weight excluding hydrogens is 196 g/mol.